The third-order valence-electron chi connectivity index (χ3n) is 3.31. The normalized spacial score (nSPS) is 14.1. The Hall–Kier alpha value is -1.42. The lowest BCUT2D eigenvalue weighted by Crippen LogP contribution is -2.24. The summed E-state index contributed by atoms with van der Waals surface area (Å²) in [5.41, 5.74) is 6.85. The maximum Gasteiger partial charge on any atom is 0.304 e. The minimum absolute atomic E-state index is 0.0324. The number of aryl methyl sites for hydroxylation is 1. The Balaban J connectivity index is 2.22. The second kappa shape index (κ2) is 7.89. The Bertz CT molecular complexity index is 392. The Morgan fingerprint density at radius 1 is 1.26 bits per heavy atom. The number of carbonyl (C=O) groups is 1. The lowest BCUT2D eigenvalue weighted by Gasteiger charge is -2.14. The molecule has 1 aromatic rings. The summed E-state index contributed by atoms with van der Waals surface area (Å²) in [6.07, 6.45) is 3.61. The molecule has 0 aromatic heterocycles. The highest BCUT2D eigenvalue weighted by Gasteiger charge is 2.10. The highest BCUT2D eigenvalue weighted by Crippen LogP contribution is 2.16. The van der Waals surface area contributed by atoms with Crippen molar-refractivity contribution >= 4 is 5.97 Å². The third kappa shape index (κ3) is 6.91. The number of rotatable bonds is 8. The van der Waals surface area contributed by atoms with Gasteiger partial charge in [-0.05, 0) is 49.3 Å². The first kappa shape index (κ1) is 15.6. The molecule has 2 atom stereocenters. The summed E-state index contributed by atoms with van der Waals surface area (Å²) in [7, 11) is 0. The second-order valence-electron chi connectivity index (χ2n) is 5.21. The van der Waals surface area contributed by atoms with Crippen molar-refractivity contribution in [3.63, 3.8) is 0 Å². The zero-order chi connectivity index (χ0) is 14.3. The highest BCUT2D eigenvalue weighted by molar-refractivity contribution is 5.67. The van der Waals surface area contributed by atoms with E-state index in [0.29, 0.717) is 5.92 Å². The fraction of sp³-hybridized carbons (Fsp3) is 0.533. The van der Waals surface area contributed by atoms with Crippen LogP contribution in [0.5, 0.6) is 0 Å². The number of carboxylic acids is 1. The minimum atomic E-state index is -0.841. The van der Waals surface area contributed by atoms with Gasteiger partial charge in [0.15, 0.2) is 0 Å². The van der Waals surface area contributed by atoms with Crippen molar-refractivity contribution in [2.75, 3.05) is 0 Å². The molecule has 1 aromatic carbocycles. The lowest BCUT2D eigenvalue weighted by molar-refractivity contribution is -0.137. The van der Waals surface area contributed by atoms with Crippen molar-refractivity contribution in [1.29, 1.82) is 0 Å². The van der Waals surface area contributed by atoms with Gasteiger partial charge in [0.1, 0.15) is 5.82 Å². The fourth-order valence-corrected chi connectivity index (χ4v) is 2.03. The van der Waals surface area contributed by atoms with Crippen molar-refractivity contribution in [2.45, 2.75) is 45.1 Å². The first-order valence-corrected chi connectivity index (χ1v) is 6.69. The summed E-state index contributed by atoms with van der Waals surface area (Å²) >= 11 is 0. The van der Waals surface area contributed by atoms with Crippen LogP contribution in [0.25, 0.3) is 0 Å². The van der Waals surface area contributed by atoms with Crippen molar-refractivity contribution in [3.8, 4) is 0 Å². The molecule has 0 unspecified atom stereocenters. The van der Waals surface area contributed by atoms with Gasteiger partial charge in [-0.2, -0.15) is 0 Å². The molecule has 3 N–H and O–H groups in total. The number of aliphatic carboxylic acids is 1. The summed E-state index contributed by atoms with van der Waals surface area (Å²) in [5, 5.41) is 8.61. The van der Waals surface area contributed by atoms with Gasteiger partial charge >= 0.3 is 5.97 Å². The molecule has 0 aliphatic heterocycles. The smallest absolute Gasteiger partial charge is 0.304 e. The summed E-state index contributed by atoms with van der Waals surface area (Å²) in [6, 6.07) is 6.30. The monoisotopic (exact) mass is 267 g/mol. The molecular formula is C15H22FNO2. The van der Waals surface area contributed by atoms with Crippen molar-refractivity contribution in [3.05, 3.63) is 35.6 Å². The van der Waals surface area contributed by atoms with E-state index in [1.165, 1.54) is 12.1 Å². The molecule has 0 spiro atoms. The Kier molecular flexibility index (Phi) is 6.50. The number of halogens is 1. The van der Waals surface area contributed by atoms with E-state index < -0.39 is 5.97 Å². The average Bonchev–Trinajstić information content (AvgIpc) is 2.35. The van der Waals surface area contributed by atoms with E-state index in [4.69, 9.17) is 10.8 Å². The predicted molar refractivity (Wildman–Crippen MR) is 73.3 cm³/mol. The number of benzene rings is 1. The summed E-state index contributed by atoms with van der Waals surface area (Å²) in [4.78, 5) is 10.5. The van der Waals surface area contributed by atoms with E-state index in [0.717, 1.165) is 31.2 Å². The summed E-state index contributed by atoms with van der Waals surface area (Å²) in [6.45, 7) is 2.14. The van der Waals surface area contributed by atoms with Crippen LogP contribution in [-0.4, -0.2) is 17.1 Å². The molecular weight excluding hydrogens is 245 g/mol. The molecule has 1 rings (SSSR count). The van der Waals surface area contributed by atoms with Gasteiger partial charge in [-0.3, -0.25) is 4.79 Å². The van der Waals surface area contributed by atoms with Gasteiger partial charge in [-0.25, -0.2) is 4.39 Å². The summed E-state index contributed by atoms with van der Waals surface area (Å²) < 4.78 is 12.7. The quantitative estimate of drug-likeness (QED) is 0.761. The zero-order valence-corrected chi connectivity index (χ0v) is 11.3. The van der Waals surface area contributed by atoms with Crippen LogP contribution in [0.2, 0.25) is 0 Å². The number of carboxylic acid groups (broad SMARTS) is 1. The standard InChI is InChI=1S/C15H22FNO2/c1-11(3-9-14(17)10-15(18)19)2-4-12-5-7-13(16)8-6-12/h5-8,11,14H,2-4,9-10,17H2,1H3,(H,18,19)/t11-,14-/m0/s1. The second-order valence-corrected chi connectivity index (χ2v) is 5.21. The number of nitrogens with two attached hydrogens (primary N) is 1. The van der Waals surface area contributed by atoms with Crippen LogP contribution in [0.15, 0.2) is 24.3 Å². The molecule has 3 nitrogen and oxygen atoms in total. The Morgan fingerprint density at radius 2 is 1.89 bits per heavy atom. The van der Waals surface area contributed by atoms with Crippen LogP contribution in [0, 0.1) is 11.7 Å². The molecule has 19 heavy (non-hydrogen) atoms. The Morgan fingerprint density at radius 3 is 2.47 bits per heavy atom. The van der Waals surface area contributed by atoms with Crippen LogP contribution >= 0.6 is 0 Å². The molecule has 0 saturated carbocycles. The summed E-state index contributed by atoms with van der Waals surface area (Å²) in [5.74, 6) is -0.562. The molecule has 0 radical (unpaired) electrons. The fourth-order valence-electron chi connectivity index (χ4n) is 2.03. The molecule has 0 heterocycles. The molecule has 106 valence electrons. The molecule has 0 amide bonds. The highest BCUT2D eigenvalue weighted by atomic mass is 19.1. The first-order valence-electron chi connectivity index (χ1n) is 6.69. The van der Waals surface area contributed by atoms with Crippen LogP contribution < -0.4 is 5.73 Å². The van der Waals surface area contributed by atoms with Gasteiger partial charge in [-0.15, -0.1) is 0 Å². The predicted octanol–water partition coefficient (Wildman–Crippen LogP) is 2.98. The van der Waals surface area contributed by atoms with Crippen LogP contribution in [0.4, 0.5) is 4.39 Å². The van der Waals surface area contributed by atoms with E-state index in [1.807, 2.05) is 0 Å². The molecule has 4 heteroatoms. The van der Waals surface area contributed by atoms with E-state index >= 15 is 0 Å². The van der Waals surface area contributed by atoms with Crippen molar-refractivity contribution < 1.29 is 14.3 Å². The maximum atomic E-state index is 12.7. The van der Waals surface area contributed by atoms with E-state index in [2.05, 4.69) is 6.92 Å². The third-order valence-corrected chi connectivity index (χ3v) is 3.31. The topological polar surface area (TPSA) is 63.3 Å². The zero-order valence-electron chi connectivity index (χ0n) is 11.3. The van der Waals surface area contributed by atoms with Gasteiger partial charge < -0.3 is 10.8 Å². The van der Waals surface area contributed by atoms with Crippen molar-refractivity contribution in [2.24, 2.45) is 11.7 Å². The first-order chi connectivity index (χ1) is 8.97. The van der Waals surface area contributed by atoms with Gasteiger partial charge in [0, 0.05) is 6.04 Å². The molecule has 0 aliphatic carbocycles. The van der Waals surface area contributed by atoms with Gasteiger partial charge in [-0.1, -0.05) is 19.1 Å². The van der Waals surface area contributed by atoms with Crippen LogP contribution in [0.3, 0.4) is 0 Å². The van der Waals surface area contributed by atoms with Crippen LogP contribution in [0.1, 0.15) is 38.2 Å². The molecule has 0 fully saturated rings. The molecule has 0 aliphatic rings. The van der Waals surface area contributed by atoms with Crippen molar-refractivity contribution in [1.82, 2.24) is 0 Å². The lowest BCUT2D eigenvalue weighted by atomic mass is 9.94. The SMILES string of the molecule is C[C@@H](CCc1ccc(F)cc1)CC[C@H](N)CC(=O)O. The Labute approximate surface area is 113 Å². The van der Waals surface area contributed by atoms with Gasteiger partial charge in [0.2, 0.25) is 0 Å². The number of hydrogen-bond acceptors (Lipinski definition) is 2. The van der Waals surface area contributed by atoms with Gasteiger partial charge in [0.25, 0.3) is 0 Å². The number of hydrogen-bond donors (Lipinski definition) is 2. The molecule has 0 bridgehead atoms. The molecule has 0 saturated heterocycles. The largest absolute Gasteiger partial charge is 0.481 e. The van der Waals surface area contributed by atoms with E-state index in [9.17, 15) is 9.18 Å². The van der Waals surface area contributed by atoms with Gasteiger partial charge in [0.05, 0.1) is 6.42 Å². The minimum Gasteiger partial charge on any atom is -0.481 e. The average molecular weight is 267 g/mol. The van der Waals surface area contributed by atoms with E-state index in [1.54, 1.807) is 12.1 Å². The maximum absolute atomic E-state index is 12.7. The van der Waals surface area contributed by atoms with E-state index in [-0.39, 0.29) is 18.3 Å². The van der Waals surface area contributed by atoms with Crippen LogP contribution in [-0.2, 0) is 11.2 Å².